The predicted molar refractivity (Wildman–Crippen MR) is 164 cm³/mol. The third-order valence-corrected chi connectivity index (χ3v) is 7.21. The Labute approximate surface area is 238 Å². The van der Waals surface area contributed by atoms with Gasteiger partial charge < -0.3 is 4.42 Å². The molecule has 0 unspecified atom stereocenters. The van der Waals surface area contributed by atoms with Crippen LogP contribution in [0.25, 0.3) is 55.4 Å². The number of aryl methyl sites for hydroxylation is 3. The number of nitrogens with zero attached hydrogens (tertiary/aromatic N) is 1. The Kier molecular flexibility index (Phi) is 4.85. The fourth-order valence-corrected chi connectivity index (χ4v) is 5.36. The van der Waals surface area contributed by atoms with Crippen LogP contribution < -0.4 is 4.57 Å². The Bertz CT molecular complexity index is 2030. The van der Waals surface area contributed by atoms with Crippen molar-refractivity contribution in [2.75, 3.05) is 0 Å². The van der Waals surface area contributed by atoms with Gasteiger partial charge in [0.25, 0.3) is 0 Å². The van der Waals surface area contributed by atoms with E-state index in [1.54, 1.807) is 12.1 Å². The third kappa shape index (κ3) is 4.76. The summed E-state index contributed by atoms with van der Waals surface area (Å²) in [5.41, 5.74) is 7.75. The van der Waals surface area contributed by atoms with Gasteiger partial charge in [0, 0.05) is 29.8 Å². The molecule has 0 aliphatic heterocycles. The minimum Gasteiger partial charge on any atom is -0.455 e. The Morgan fingerprint density at radius 2 is 1.59 bits per heavy atom. The van der Waals surface area contributed by atoms with Gasteiger partial charge >= 0.3 is 0 Å². The largest absolute Gasteiger partial charge is 0.455 e. The number of pyridine rings is 1. The molecule has 0 atom stereocenters. The summed E-state index contributed by atoms with van der Waals surface area (Å²) in [6.45, 7) is 5.10. The fourth-order valence-electron chi connectivity index (χ4n) is 5.36. The highest BCUT2D eigenvalue weighted by Gasteiger charge is 2.22. The molecule has 194 valence electrons. The fraction of sp³-hybridized carbons (Fsp3) is 0.216. The molecule has 0 spiro atoms. The molecule has 2 nitrogen and oxygen atoms in total. The van der Waals surface area contributed by atoms with Crippen LogP contribution in [0.1, 0.15) is 44.3 Å². The van der Waals surface area contributed by atoms with E-state index in [1.165, 1.54) is 6.07 Å². The molecule has 0 radical (unpaired) electrons. The lowest BCUT2D eigenvalue weighted by Crippen LogP contribution is -2.30. The predicted octanol–water partition coefficient (Wildman–Crippen LogP) is 9.62. The van der Waals surface area contributed by atoms with Crippen molar-refractivity contribution in [1.82, 2.24) is 0 Å². The number of benzene rings is 4. The number of aromatic nitrogens is 1. The van der Waals surface area contributed by atoms with E-state index in [4.69, 9.17) is 11.3 Å². The van der Waals surface area contributed by atoms with Gasteiger partial charge in [0.1, 0.15) is 18.2 Å². The molecular weight excluding hydrogens is 474 g/mol. The summed E-state index contributed by atoms with van der Waals surface area (Å²) in [4.78, 5) is 0. The second-order valence-electron chi connectivity index (χ2n) is 11.4. The van der Waals surface area contributed by atoms with E-state index in [9.17, 15) is 0 Å². The van der Waals surface area contributed by atoms with Crippen molar-refractivity contribution in [2.45, 2.75) is 40.9 Å². The summed E-state index contributed by atoms with van der Waals surface area (Å²) in [5, 5.41) is 2.05. The number of hydrogen-bond acceptors (Lipinski definition) is 1. The Morgan fingerprint density at radius 3 is 2.36 bits per heavy atom. The molecule has 0 saturated carbocycles. The van der Waals surface area contributed by atoms with E-state index < -0.39 is 18.6 Å². The lowest BCUT2D eigenvalue weighted by molar-refractivity contribution is -0.660. The SMILES string of the molecule is [2H]C([2H])([2H])c1cc(C([2H])([2H])C(C)(C)C)ccc1-c1cc[n+](C)c(-c2c(C)ccc3c2oc2cc(-c4ccccc4)ccc23)c1. The van der Waals surface area contributed by atoms with Gasteiger partial charge in [0.05, 0.1) is 5.56 Å². The molecule has 0 bridgehead atoms. The van der Waals surface area contributed by atoms with E-state index in [0.29, 0.717) is 11.1 Å². The lowest BCUT2D eigenvalue weighted by Gasteiger charge is -2.19. The van der Waals surface area contributed by atoms with Gasteiger partial charge in [-0.2, -0.15) is 0 Å². The number of hydrogen-bond donors (Lipinski definition) is 0. The minimum atomic E-state index is -2.43. The average Bonchev–Trinajstić information content (AvgIpc) is 3.34. The first-order valence-corrected chi connectivity index (χ1v) is 13.3. The monoisotopic (exact) mass is 515 g/mol. The molecule has 2 aromatic heterocycles. The van der Waals surface area contributed by atoms with Gasteiger partial charge in [-0.15, -0.1) is 0 Å². The molecular formula is C37H36NO+. The van der Waals surface area contributed by atoms with Crippen molar-refractivity contribution >= 4 is 21.9 Å². The molecule has 0 N–H and O–H groups in total. The second kappa shape index (κ2) is 9.54. The van der Waals surface area contributed by atoms with Crippen molar-refractivity contribution in [3.63, 3.8) is 0 Å². The van der Waals surface area contributed by atoms with Crippen LogP contribution in [0.15, 0.2) is 102 Å². The minimum absolute atomic E-state index is 0.134. The van der Waals surface area contributed by atoms with Crippen LogP contribution in [0.5, 0.6) is 0 Å². The van der Waals surface area contributed by atoms with Crippen LogP contribution in [0.2, 0.25) is 0 Å². The van der Waals surface area contributed by atoms with E-state index >= 15 is 0 Å². The van der Waals surface area contributed by atoms with Gasteiger partial charge in [-0.1, -0.05) is 87.5 Å². The van der Waals surface area contributed by atoms with Crippen LogP contribution in [0.4, 0.5) is 0 Å². The molecule has 6 rings (SSSR count). The highest BCUT2D eigenvalue weighted by molar-refractivity contribution is 6.10. The normalized spacial score (nSPS) is 14.5. The second-order valence-corrected chi connectivity index (χ2v) is 11.4. The van der Waals surface area contributed by atoms with E-state index in [0.717, 1.165) is 55.4 Å². The Morgan fingerprint density at radius 1 is 0.795 bits per heavy atom. The molecule has 0 saturated heterocycles. The first-order valence-electron chi connectivity index (χ1n) is 15.8. The van der Waals surface area contributed by atoms with E-state index in [1.807, 2.05) is 68.9 Å². The molecule has 4 aromatic carbocycles. The van der Waals surface area contributed by atoms with Crippen molar-refractivity contribution in [3.05, 3.63) is 114 Å². The van der Waals surface area contributed by atoms with Crippen LogP contribution in [0, 0.1) is 19.2 Å². The molecule has 0 aliphatic carbocycles. The molecule has 2 heterocycles. The summed E-state index contributed by atoms with van der Waals surface area (Å²) in [7, 11) is 1.97. The highest BCUT2D eigenvalue weighted by atomic mass is 16.3. The maximum Gasteiger partial charge on any atom is 0.216 e. The quantitative estimate of drug-likeness (QED) is 0.214. The van der Waals surface area contributed by atoms with Gasteiger partial charge in [-0.3, -0.25) is 0 Å². The van der Waals surface area contributed by atoms with Gasteiger partial charge in [-0.25, -0.2) is 4.57 Å². The van der Waals surface area contributed by atoms with Crippen molar-refractivity contribution in [2.24, 2.45) is 12.5 Å². The van der Waals surface area contributed by atoms with Gasteiger partial charge in [0.15, 0.2) is 6.20 Å². The van der Waals surface area contributed by atoms with Crippen LogP contribution >= 0.6 is 0 Å². The average molecular weight is 516 g/mol. The molecule has 39 heavy (non-hydrogen) atoms. The van der Waals surface area contributed by atoms with Crippen molar-refractivity contribution in [3.8, 4) is 33.5 Å². The van der Waals surface area contributed by atoms with Crippen LogP contribution in [-0.2, 0) is 13.4 Å². The summed E-state index contributed by atoms with van der Waals surface area (Å²) >= 11 is 0. The first kappa shape index (κ1) is 19.8. The summed E-state index contributed by atoms with van der Waals surface area (Å²) in [5.74, 6) is 0. The maximum absolute atomic E-state index is 8.75. The zero-order valence-electron chi connectivity index (χ0n) is 28.1. The number of rotatable bonds is 4. The molecule has 2 heteroatoms. The zero-order chi connectivity index (χ0) is 31.6. The van der Waals surface area contributed by atoms with Gasteiger partial charge in [0.2, 0.25) is 5.69 Å². The molecule has 0 fully saturated rings. The zero-order valence-corrected chi connectivity index (χ0v) is 23.1. The number of fused-ring (bicyclic) bond motifs is 3. The first-order chi connectivity index (χ1) is 20.7. The molecule has 6 aromatic rings. The Balaban J connectivity index is 1.53. The maximum atomic E-state index is 8.75. The van der Waals surface area contributed by atoms with Crippen molar-refractivity contribution in [1.29, 1.82) is 0 Å². The number of furan rings is 1. The standard InChI is InChI=1S/C37H36NO/c1-24-12-15-32-31-17-14-28(27-10-8-7-9-11-27)22-34(31)39-36(32)35(24)33-21-29(18-19-38(33)6)30-16-13-26(20-25(30)2)23-37(3,4)5/h7-22H,23H2,1-6H3/q+1/i2D3,23D2. The molecule has 0 aliphatic rings. The van der Waals surface area contributed by atoms with Crippen molar-refractivity contribution < 1.29 is 15.8 Å². The Hall–Kier alpha value is -4.17. The van der Waals surface area contributed by atoms with E-state index in [-0.39, 0.29) is 5.56 Å². The lowest BCUT2D eigenvalue weighted by atomic mass is 9.86. The summed E-state index contributed by atoms with van der Waals surface area (Å²) in [6.07, 6.45) is 0.221. The van der Waals surface area contributed by atoms with Crippen LogP contribution in [0.3, 0.4) is 0 Å². The smallest absolute Gasteiger partial charge is 0.216 e. The topological polar surface area (TPSA) is 17.0 Å². The third-order valence-electron chi connectivity index (χ3n) is 7.21. The summed E-state index contributed by atoms with van der Waals surface area (Å²) in [6, 6.07) is 29.6. The highest BCUT2D eigenvalue weighted by Crippen LogP contribution is 2.39. The van der Waals surface area contributed by atoms with Gasteiger partial charge in [-0.05, 0) is 76.6 Å². The molecule has 0 amide bonds. The summed E-state index contributed by atoms with van der Waals surface area (Å²) < 4.78 is 51.2. The van der Waals surface area contributed by atoms with E-state index in [2.05, 4.69) is 49.4 Å². The van der Waals surface area contributed by atoms with Crippen LogP contribution in [-0.4, -0.2) is 0 Å².